The lowest BCUT2D eigenvalue weighted by molar-refractivity contribution is -0.870. The zero-order valence-electron chi connectivity index (χ0n) is 41.8. The number of amides is 1. The minimum Gasteiger partial charge on any atom is -0.456 e. The van der Waals surface area contributed by atoms with Gasteiger partial charge in [-0.15, -0.1) is 0 Å². The van der Waals surface area contributed by atoms with Crippen molar-refractivity contribution in [1.82, 2.24) is 5.32 Å². The van der Waals surface area contributed by atoms with Crippen molar-refractivity contribution >= 4 is 19.7 Å². The Morgan fingerprint density at radius 3 is 1.52 bits per heavy atom. The van der Waals surface area contributed by atoms with Crippen LogP contribution in [-0.4, -0.2) is 74.3 Å². The second kappa shape index (κ2) is 43.8. The van der Waals surface area contributed by atoms with Crippen LogP contribution >= 0.6 is 7.82 Å². The molecule has 1 amide bonds. The van der Waals surface area contributed by atoms with Crippen molar-refractivity contribution < 1.29 is 37.3 Å². The molecular weight excluding hydrogens is 808 g/mol. The van der Waals surface area contributed by atoms with E-state index in [-0.39, 0.29) is 25.5 Å². The molecule has 3 atom stereocenters. The molecule has 9 nitrogen and oxygen atoms in total. The minimum atomic E-state index is -4.45. The van der Waals surface area contributed by atoms with Crippen LogP contribution in [0.3, 0.4) is 0 Å². The van der Waals surface area contributed by atoms with Gasteiger partial charge >= 0.3 is 13.8 Å². The van der Waals surface area contributed by atoms with E-state index < -0.39 is 25.9 Å². The molecule has 0 aromatic heterocycles. The molecule has 2 N–H and O–H groups in total. The highest BCUT2D eigenvalue weighted by Crippen LogP contribution is 2.43. The van der Waals surface area contributed by atoms with Gasteiger partial charge in [-0.2, -0.15) is 0 Å². The number of phosphoric acid groups is 1. The third-order valence-electron chi connectivity index (χ3n) is 11.3. The van der Waals surface area contributed by atoms with Crippen LogP contribution < -0.4 is 5.32 Å². The lowest BCUT2D eigenvalue weighted by atomic mass is 10.0. The molecule has 0 aliphatic rings. The Balaban J connectivity index is 5.54. The van der Waals surface area contributed by atoms with E-state index in [1.165, 1.54) is 109 Å². The van der Waals surface area contributed by atoms with Gasteiger partial charge in [0.1, 0.15) is 19.3 Å². The van der Waals surface area contributed by atoms with Crippen molar-refractivity contribution in [3.05, 3.63) is 48.6 Å². The lowest BCUT2D eigenvalue weighted by Crippen LogP contribution is -2.47. The van der Waals surface area contributed by atoms with Crippen LogP contribution in [0.2, 0.25) is 0 Å². The maximum absolute atomic E-state index is 13.4. The molecule has 0 bridgehead atoms. The van der Waals surface area contributed by atoms with E-state index in [4.69, 9.17) is 13.8 Å². The zero-order valence-corrected chi connectivity index (χ0v) is 42.7. The average Bonchev–Trinajstić information content (AvgIpc) is 3.23. The topological polar surface area (TPSA) is 111 Å². The van der Waals surface area contributed by atoms with E-state index in [0.717, 1.165) is 77.0 Å². The third-order valence-corrected chi connectivity index (χ3v) is 12.2. The number of likely N-dealkylation sites (N-methyl/N-ethyl adjacent to an activating group) is 1. The fraction of sp³-hybridized carbons (Fsp3) is 0.811. The van der Waals surface area contributed by atoms with Crippen LogP contribution in [0.25, 0.3) is 0 Å². The van der Waals surface area contributed by atoms with Gasteiger partial charge in [-0.05, 0) is 70.3 Å². The number of rotatable bonds is 46. The van der Waals surface area contributed by atoms with Gasteiger partial charge in [-0.25, -0.2) is 4.57 Å². The summed E-state index contributed by atoms with van der Waals surface area (Å²) >= 11 is 0. The van der Waals surface area contributed by atoms with E-state index >= 15 is 0 Å². The van der Waals surface area contributed by atoms with Gasteiger partial charge in [0.15, 0.2) is 0 Å². The molecule has 0 saturated heterocycles. The van der Waals surface area contributed by atoms with Crippen molar-refractivity contribution in [3.63, 3.8) is 0 Å². The molecule has 0 aromatic carbocycles. The Bertz CT molecular complexity index is 1230. The molecule has 0 heterocycles. The SMILES string of the molecule is CCCC/C=C\CCCCCCCC(=O)NC(COP(=O)(O)OCC[N+](C)(C)C)C(/C=C/CCCCCCCCCCCCC)OC(=O)CC/C=C/C/C=C\CCCCCCCC. The molecule has 10 heteroatoms. The first-order chi connectivity index (χ1) is 30.4. The van der Waals surface area contributed by atoms with E-state index in [1.54, 1.807) is 0 Å². The molecule has 0 rings (SSSR count). The number of phosphoric ester groups is 1. The number of ether oxygens (including phenoxy) is 1. The molecule has 0 saturated carbocycles. The number of unbranched alkanes of at least 4 members (excludes halogenated alkanes) is 24. The van der Waals surface area contributed by atoms with Gasteiger partial charge in [0.05, 0.1) is 33.8 Å². The first-order valence-electron chi connectivity index (χ1n) is 26.0. The average molecular weight is 908 g/mol. The summed E-state index contributed by atoms with van der Waals surface area (Å²) < 4.78 is 30.4. The Labute approximate surface area is 388 Å². The Morgan fingerprint density at radius 1 is 0.556 bits per heavy atom. The number of nitrogens with one attached hydrogen (secondary N) is 1. The highest BCUT2D eigenvalue weighted by Gasteiger charge is 2.30. The predicted molar refractivity (Wildman–Crippen MR) is 268 cm³/mol. The first kappa shape index (κ1) is 61.0. The molecule has 63 heavy (non-hydrogen) atoms. The Morgan fingerprint density at radius 2 is 1.00 bits per heavy atom. The Kier molecular flexibility index (Phi) is 42.4. The zero-order chi connectivity index (χ0) is 46.5. The van der Waals surface area contributed by atoms with Crippen molar-refractivity contribution in [1.29, 1.82) is 0 Å². The number of carbonyl (C=O) groups is 2. The van der Waals surface area contributed by atoms with Crippen molar-refractivity contribution in [2.45, 2.75) is 238 Å². The van der Waals surface area contributed by atoms with Crippen LogP contribution in [0.15, 0.2) is 48.6 Å². The molecule has 3 unspecified atom stereocenters. The predicted octanol–water partition coefficient (Wildman–Crippen LogP) is 15.0. The van der Waals surface area contributed by atoms with Crippen molar-refractivity contribution in [2.24, 2.45) is 0 Å². The highest BCUT2D eigenvalue weighted by molar-refractivity contribution is 7.47. The van der Waals surface area contributed by atoms with Gasteiger partial charge in [-0.3, -0.25) is 18.6 Å². The van der Waals surface area contributed by atoms with Crippen molar-refractivity contribution in [2.75, 3.05) is 40.9 Å². The molecule has 0 fully saturated rings. The molecule has 0 aliphatic carbocycles. The normalized spacial score (nSPS) is 14.3. The van der Waals surface area contributed by atoms with Gasteiger partial charge < -0.3 is 19.4 Å². The largest absolute Gasteiger partial charge is 0.472 e. The Hall–Kier alpha value is -2.03. The molecule has 0 aliphatic heterocycles. The summed E-state index contributed by atoms with van der Waals surface area (Å²) in [5.74, 6) is -0.595. The van der Waals surface area contributed by atoms with Gasteiger partial charge in [0.2, 0.25) is 5.91 Å². The summed E-state index contributed by atoms with van der Waals surface area (Å²) in [6, 6.07) is -0.871. The van der Waals surface area contributed by atoms with E-state index in [2.05, 4.69) is 56.5 Å². The van der Waals surface area contributed by atoms with Gasteiger partial charge in [0, 0.05) is 12.8 Å². The standard InChI is InChI=1S/C53H99N2O7P/c1-7-10-13-16-19-22-25-27-30-32-35-38-41-44-51(62-53(57)46-43-40-37-34-31-28-26-23-20-17-14-11-8-2)50(49-61-63(58,59)60-48-47-55(4,5)6)54-52(56)45-42-39-36-33-29-24-21-18-15-12-9-3/h18,21,28,31,37,40-41,44,50-51H,7-17,19-20,22-27,29-30,32-36,38-39,42-43,45-49H2,1-6H3,(H-,54,56,58,59)/p+1/b21-18-,31-28-,40-37+,44-41+. The molecule has 0 aromatic rings. The first-order valence-corrected chi connectivity index (χ1v) is 27.5. The smallest absolute Gasteiger partial charge is 0.456 e. The molecule has 0 spiro atoms. The summed E-state index contributed by atoms with van der Waals surface area (Å²) in [5, 5.41) is 3.01. The van der Waals surface area contributed by atoms with E-state index in [1.807, 2.05) is 39.4 Å². The number of hydrogen-bond acceptors (Lipinski definition) is 6. The number of quaternary nitrogens is 1. The molecule has 368 valence electrons. The van der Waals surface area contributed by atoms with Crippen molar-refractivity contribution in [3.8, 4) is 0 Å². The third kappa shape index (κ3) is 44.9. The summed E-state index contributed by atoms with van der Waals surface area (Å²) in [6.07, 6.45) is 51.2. The molecule has 0 radical (unpaired) electrons. The summed E-state index contributed by atoms with van der Waals surface area (Å²) in [4.78, 5) is 37.3. The molecular formula is C53H100N2O7P+. The van der Waals surface area contributed by atoms with E-state index in [9.17, 15) is 19.0 Å². The number of esters is 1. The second-order valence-corrected chi connectivity index (χ2v) is 20.1. The summed E-state index contributed by atoms with van der Waals surface area (Å²) in [5.41, 5.74) is 0. The summed E-state index contributed by atoms with van der Waals surface area (Å²) in [7, 11) is 1.46. The van der Waals surface area contributed by atoms with Crippen LogP contribution in [-0.2, 0) is 27.9 Å². The fourth-order valence-corrected chi connectivity index (χ4v) is 7.88. The maximum Gasteiger partial charge on any atom is 0.472 e. The van der Waals surface area contributed by atoms with Gasteiger partial charge in [0.25, 0.3) is 0 Å². The van der Waals surface area contributed by atoms with E-state index in [0.29, 0.717) is 23.9 Å². The quantitative estimate of drug-likeness (QED) is 0.0206. The number of carbonyl (C=O) groups excluding carboxylic acids is 2. The highest BCUT2D eigenvalue weighted by atomic mass is 31.2. The lowest BCUT2D eigenvalue weighted by Gasteiger charge is -2.27. The van der Waals surface area contributed by atoms with Gasteiger partial charge in [-0.1, -0.05) is 192 Å². The van der Waals surface area contributed by atoms with Crippen LogP contribution in [0, 0.1) is 0 Å². The van der Waals surface area contributed by atoms with Crippen LogP contribution in [0.5, 0.6) is 0 Å². The maximum atomic E-state index is 13.4. The minimum absolute atomic E-state index is 0.0309. The summed E-state index contributed by atoms with van der Waals surface area (Å²) in [6.45, 7) is 6.90. The fourth-order valence-electron chi connectivity index (χ4n) is 7.15. The number of hydrogen-bond donors (Lipinski definition) is 2. The number of nitrogens with zero attached hydrogens (tertiary/aromatic N) is 1. The van der Waals surface area contributed by atoms with Crippen LogP contribution in [0.1, 0.15) is 226 Å². The number of allylic oxidation sites excluding steroid dienone is 7. The van der Waals surface area contributed by atoms with Crippen LogP contribution in [0.4, 0.5) is 0 Å². The second-order valence-electron chi connectivity index (χ2n) is 18.7. The monoisotopic (exact) mass is 908 g/mol.